The smallest absolute Gasteiger partial charge is 0.341 e. The van der Waals surface area contributed by atoms with Crippen molar-refractivity contribution in [2.75, 3.05) is 18.5 Å². The molecule has 7 heteroatoms. The lowest BCUT2D eigenvalue weighted by Gasteiger charge is -2.18. The van der Waals surface area contributed by atoms with Crippen molar-refractivity contribution in [3.8, 4) is 0 Å². The number of hydrogen-bond donors (Lipinski definition) is 1. The molecule has 0 radical (unpaired) electrons. The molecule has 3 rings (SSSR count). The van der Waals surface area contributed by atoms with Crippen molar-refractivity contribution >= 4 is 34.2 Å². The molecule has 1 heterocycles. The van der Waals surface area contributed by atoms with E-state index in [1.54, 1.807) is 6.92 Å². The minimum Gasteiger partial charge on any atom is -0.462 e. The topological polar surface area (TPSA) is 81.7 Å². The van der Waals surface area contributed by atoms with Crippen molar-refractivity contribution in [1.82, 2.24) is 0 Å². The summed E-state index contributed by atoms with van der Waals surface area (Å²) in [4.78, 5) is 37.5. The Hall–Kier alpha value is -1.89. The summed E-state index contributed by atoms with van der Waals surface area (Å²) in [6.07, 6.45) is 3.55. The predicted octanol–water partition coefficient (Wildman–Crippen LogP) is 3.19. The lowest BCUT2D eigenvalue weighted by molar-refractivity contribution is -0.148. The molecule has 0 aliphatic heterocycles. The van der Waals surface area contributed by atoms with Crippen molar-refractivity contribution < 1.29 is 23.9 Å². The molecule has 6 nitrogen and oxygen atoms in total. The van der Waals surface area contributed by atoms with Crippen LogP contribution in [-0.2, 0) is 31.9 Å². The molecule has 0 spiro atoms. The highest BCUT2D eigenvalue weighted by molar-refractivity contribution is 7.17. The van der Waals surface area contributed by atoms with Crippen molar-refractivity contribution in [2.24, 2.45) is 17.8 Å². The summed E-state index contributed by atoms with van der Waals surface area (Å²) in [6.45, 7) is 5.88. The van der Waals surface area contributed by atoms with Gasteiger partial charge in [-0.15, -0.1) is 11.3 Å². The number of anilines is 1. The second-order valence-electron chi connectivity index (χ2n) is 7.25. The first-order chi connectivity index (χ1) is 12.4. The maximum Gasteiger partial charge on any atom is 0.341 e. The molecule has 26 heavy (non-hydrogen) atoms. The van der Waals surface area contributed by atoms with E-state index in [9.17, 15) is 14.4 Å². The van der Waals surface area contributed by atoms with Gasteiger partial charge in [0.05, 0.1) is 18.1 Å². The molecule has 0 bridgehead atoms. The largest absolute Gasteiger partial charge is 0.462 e. The number of thiophene rings is 1. The number of rotatable bonds is 6. The van der Waals surface area contributed by atoms with Gasteiger partial charge in [-0.05, 0) is 50.0 Å². The first-order valence-electron chi connectivity index (χ1n) is 9.18. The van der Waals surface area contributed by atoms with Crippen molar-refractivity contribution in [3.05, 3.63) is 16.0 Å². The SMILES string of the molecule is CCOC(=O)c1c(NC(=O)COC(=O)[C@@H]2C[C@@H]2C)sc2c1CC[C@H](C)C2. The number of ether oxygens (including phenoxy) is 2. The zero-order valence-corrected chi connectivity index (χ0v) is 16.2. The van der Waals surface area contributed by atoms with Gasteiger partial charge >= 0.3 is 11.9 Å². The maximum absolute atomic E-state index is 12.4. The third-order valence-corrected chi connectivity index (χ3v) is 6.17. The highest BCUT2D eigenvalue weighted by Gasteiger charge is 2.40. The molecule has 1 N–H and O–H groups in total. The molecule has 2 aliphatic rings. The van der Waals surface area contributed by atoms with Crippen LogP contribution in [0.4, 0.5) is 5.00 Å². The molecular formula is C19H25NO5S. The Balaban J connectivity index is 1.70. The Morgan fingerprint density at radius 1 is 1.23 bits per heavy atom. The minimum absolute atomic E-state index is 0.0755. The molecule has 2 aliphatic carbocycles. The molecule has 0 unspecified atom stereocenters. The van der Waals surface area contributed by atoms with Crippen LogP contribution in [-0.4, -0.2) is 31.1 Å². The summed E-state index contributed by atoms with van der Waals surface area (Å²) in [7, 11) is 0. The number of carbonyl (C=O) groups is 3. The van der Waals surface area contributed by atoms with Gasteiger partial charge in [0.15, 0.2) is 6.61 Å². The van der Waals surface area contributed by atoms with Crippen molar-refractivity contribution in [1.29, 1.82) is 0 Å². The van der Waals surface area contributed by atoms with Crippen LogP contribution in [0.5, 0.6) is 0 Å². The van der Waals surface area contributed by atoms with Gasteiger partial charge in [-0.1, -0.05) is 13.8 Å². The Kier molecular flexibility index (Phi) is 5.65. The first-order valence-corrected chi connectivity index (χ1v) is 10.0. The Labute approximate surface area is 157 Å². The van der Waals surface area contributed by atoms with E-state index in [1.165, 1.54) is 11.3 Å². The highest BCUT2D eigenvalue weighted by atomic mass is 32.1. The molecule has 1 fully saturated rings. The minimum atomic E-state index is -0.427. The monoisotopic (exact) mass is 379 g/mol. The fourth-order valence-corrected chi connectivity index (χ4v) is 4.73. The fraction of sp³-hybridized carbons (Fsp3) is 0.632. The summed E-state index contributed by atoms with van der Waals surface area (Å²) >= 11 is 1.43. The normalized spacial score (nSPS) is 23.7. The van der Waals surface area contributed by atoms with Crippen LogP contribution < -0.4 is 5.32 Å². The van der Waals surface area contributed by atoms with Gasteiger partial charge in [0.2, 0.25) is 0 Å². The Morgan fingerprint density at radius 2 is 1.96 bits per heavy atom. The number of amides is 1. The van der Waals surface area contributed by atoms with E-state index in [4.69, 9.17) is 9.47 Å². The summed E-state index contributed by atoms with van der Waals surface area (Å²) in [5.41, 5.74) is 1.46. The van der Waals surface area contributed by atoms with Gasteiger partial charge in [-0.25, -0.2) is 4.79 Å². The van der Waals surface area contributed by atoms with Gasteiger partial charge in [-0.2, -0.15) is 0 Å². The molecule has 1 amide bonds. The summed E-state index contributed by atoms with van der Waals surface area (Å²) in [5, 5.41) is 3.25. The highest BCUT2D eigenvalue weighted by Crippen LogP contribution is 2.40. The third-order valence-electron chi connectivity index (χ3n) is 5.00. The second kappa shape index (κ2) is 7.78. The van der Waals surface area contributed by atoms with Crippen LogP contribution >= 0.6 is 11.3 Å². The van der Waals surface area contributed by atoms with Gasteiger partial charge < -0.3 is 14.8 Å². The third kappa shape index (κ3) is 4.09. The lowest BCUT2D eigenvalue weighted by Crippen LogP contribution is -2.22. The average molecular weight is 379 g/mol. The van der Waals surface area contributed by atoms with E-state index in [0.717, 1.165) is 36.1 Å². The molecule has 1 aromatic rings. The second-order valence-corrected chi connectivity index (χ2v) is 8.36. The zero-order chi connectivity index (χ0) is 18.8. The van der Waals surface area contributed by atoms with E-state index < -0.39 is 11.9 Å². The van der Waals surface area contributed by atoms with Gasteiger partial charge in [0.1, 0.15) is 5.00 Å². The summed E-state index contributed by atoms with van der Waals surface area (Å²) < 4.78 is 10.3. The predicted molar refractivity (Wildman–Crippen MR) is 98.3 cm³/mol. The van der Waals surface area contributed by atoms with Crippen molar-refractivity contribution in [3.63, 3.8) is 0 Å². The number of hydrogen-bond acceptors (Lipinski definition) is 6. The van der Waals surface area contributed by atoms with Crippen LogP contribution in [0, 0.1) is 17.8 Å². The van der Waals surface area contributed by atoms with E-state index in [1.807, 2.05) is 6.92 Å². The number of esters is 2. The number of carbonyl (C=O) groups excluding carboxylic acids is 3. The van der Waals surface area contributed by atoms with Crippen LogP contribution in [0.1, 0.15) is 54.4 Å². The van der Waals surface area contributed by atoms with Crippen LogP contribution in [0.2, 0.25) is 0 Å². The van der Waals surface area contributed by atoms with Gasteiger partial charge in [-0.3, -0.25) is 9.59 Å². The lowest BCUT2D eigenvalue weighted by atomic mass is 9.88. The van der Waals surface area contributed by atoms with Crippen molar-refractivity contribution in [2.45, 2.75) is 46.5 Å². The standard InChI is InChI=1S/C19H25NO5S/c1-4-24-19(23)16-12-6-5-10(2)7-14(12)26-17(16)20-15(21)9-25-18(22)13-8-11(13)3/h10-11,13H,4-9H2,1-3H3,(H,20,21)/t10-,11-,13+/m0/s1. The molecule has 142 valence electrons. The van der Waals surface area contributed by atoms with Gasteiger partial charge in [0, 0.05) is 4.88 Å². The van der Waals surface area contributed by atoms with Crippen LogP contribution in [0.25, 0.3) is 0 Å². The molecular weight excluding hydrogens is 354 g/mol. The number of nitrogens with one attached hydrogen (secondary N) is 1. The fourth-order valence-electron chi connectivity index (χ4n) is 3.31. The van der Waals surface area contributed by atoms with Crippen LogP contribution in [0.15, 0.2) is 0 Å². The van der Waals surface area contributed by atoms with Crippen LogP contribution in [0.3, 0.4) is 0 Å². The van der Waals surface area contributed by atoms with E-state index in [0.29, 0.717) is 22.4 Å². The summed E-state index contributed by atoms with van der Waals surface area (Å²) in [6, 6.07) is 0. The summed E-state index contributed by atoms with van der Waals surface area (Å²) in [5.74, 6) is -0.332. The van der Waals surface area contributed by atoms with E-state index >= 15 is 0 Å². The first kappa shape index (κ1) is 18.9. The molecule has 1 aromatic heterocycles. The number of fused-ring (bicyclic) bond motifs is 1. The maximum atomic E-state index is 12.4. The Morgan fingerprint density at radius 3 is 2.62 bits per heavy atom. The average Bonchev–Trinajstić information content (AvgIpc) is 3.21. The molecule has 0 saturated heterocycles. The molecule has 1 saturated carbocycles. The molecule has 3 atom stereocenters. The quantitative estimate of drug-likeness (QED) is 0.768. The zero-order valence-electron chi connectivity index (χ0n) is 15.4. The van der Waals surface area contributed by atoms with E-state index in [2.05, 4.69) is 12.2 Å². The molecule has 0 aromatic carbocycles. The van der Waals surface area contributed by atoms with Gasteiger partial charge in [0.25, 0.3) is 5.91 Å². The Bertz CT molecular complexity index is 726. The van der Waals surface area contributed by atoms with E-state index in [-0.39, 0.29) is 25.1 Å².